The van der Waals surface area contributed by atoms with Gasteiger partial charge in [-0.05, 0) is 29.2 Å². The highest BCUT2D eigenvalue weighted by molar-refractivity contribution is 5.93. The third kappa shape index (κ3) is 5.78. The largest absolute Gasteiger partial charge is 0.480 e. The van der Waals surface area contributed by atoms with E-state index in [1.54, 1.807) is 0 Å². The number of hydrogen-bond donors (Lipinski definition) is 3. The minimum absolute atomic E-state index is 0.0324. The molecule has 0 radical (unpaired) electrons. The average molecular weight is 485 g/mol. The molecule has 10 nitrogen and oxygen atoms in total. The molecule has 0 bridgehead atoms. The quantitative estimate of drug-likeness (QED) is 0.436. The van der Waals surface area contributed by atoms with Crippen molar-refractivity contribution in [2.75, 3.05) is 27.4 Å². The van der Waals surface area contributed by atoms with E-state index in [1.807, 2.05) is 48.5 Å². The maximum Gasteiger partial charge on any atom is 0.408 e. The number of carboxylic acids is 1. The fraction of sp³-hybridized carbons (Fsp3) is 0.360. The third-order valence-electron chi connectivity index (χ3n) is 5.86. The van der Waals surface area contributed by atoms with Crippen LogP contribution in [0.3, 0.4) is 0 Å². The summed E-state index contributed by atoms with van der Waals surface area (Å²) in [4.78, 5) is 48.6. The van der Waals surface area contributed by atoms with Gasteiger partial charge in [0.1, 0.15) is 18.2 Å². The van der Waals surface area contributed by atoms with Crippen LogP contribution in [0.2, 0.25) is 0 Å². The molecule has 3 rings (SSSR count). The molecule has 1 aliphatic rings. The third-order valence-corrected chi connectivity index (χ3v) is 5.86. The molecule has 0 spiro atoms. The Kier molecular flexibility index (Phi) is 8.08. The number of fused-ring (bicyclic) bond motifs is 3. The lowest BCUT2D eigenvalue weighted by Crippen LogP contribution is -2.62. The molecule has 0 aliphatic heterocycles. The molecule has 10 heteroatoms. The van der Waals surface area contributed by atoms with Gasteiger partial charge >= 0.3 is 18.0 Å². The number of carboxylic acid groups (broad SMARTS) is 1. The van der Waals surface area contributed by atoms with Gasteiger partial charge in [0.25, 0.3) is 0 Å². The van der Waals surface area contributed by atoms with Crippen molar-refractivity contribution >= 4 is 23.9 Å². The first-order valence-corrected chi connectivity index (χ1v) is 10.9. The Hall–Kier alpha value is -3.92. The Labute approximate surface area is 202 Å². The van der Waals surface area contributed by atoms with Crippen molar-refractivity contribution in [1.82, 2.24) is 10.6 Å². The van der Waals surface area contributed by atoms with Crippen molar-refractivity contribution in [3.8, 4) is 11.1 Å². The molecule has 0 saturated heterocycles. The SMILES string of the molecule is COCC(C)(NC(=O)OCC1c2ccccc2-c2ccccc21)C(=O)N[C@H](CC(=O)OC)C(=O)O. The predicted molar refractivity (Wildman–Crippen MR) is 125 cm³/mol. The molecule has 186 valence electrons. The molecule has 3 N–H and O–H groups in total. The van der Waals surface area contributed by atoms with E-state index in [9.17, 15) is 24.3 Å². The predicted octanol–water partition coefficient (Wildman–Crippen LogP) is 2.06. The van der Waals surface area contributed by atoms with Crippen molar-refractivity contribution < 1.29 is 38.5 Å². The number of benzene rings is 2. The molecule has 2 aromatic carbocycles. The van der Waals surface area contributed by atoms with Crippen molar-refractivity contribution in [1.29, 1.82) is 0 Å². The second kappa shape index (κ2) is 11.0. The Morgan fingerprint density at radius 3 is 2.09 bits per heavy atom. The van der Waals surface area contributed by atoms with Crippen LogP contribution in [0.25, 0.3) is 11.1 Å². The highest BCUT2D eigenvalue weighted by atomic mass is 16.6. The summed E-state index contributed by atoms with van der Waals surface area (Å²) in [6.07, 6.45) is -1.45. The van der Waals surface area contributed by atoms with E-state index in [0.29, 0.717) is 0 Å². The van der Waals surface area contributed by atoms with Crippen LogP contribution in [0.1, 0.15) is 30.4 Å². The number of carbonyl (C=O) groups excluding carboxylic acids is 3. The van der Waals surface area contributed by atoms with E-state index >= 15 is 0 Å². The van der Waals surface area contributed by atoms with Crippen LogP contribution in [-0.2, 0) is 28.6 Å². The van der Waals surface area contributed by atoms with Gasteiger partial charge in [-0.1, -0.05) is 48.5 Å². The summed E-state index contributed by atoms with van der Waals surface area (Å²) in [5.74, 6) is -3.27. The fourth-order valence-corrected chi connectivity index (χ4v) is 4.07. The summed E-state index contributed by atoms with van der Waals surface area (Å²) in [5, 5.41) is 14.1. The molecule has 1 aliphatic carbocycles. The number of alkyl carbamates (subject to hydrolysis) is 1. The minimum Gasteiger partial charge on any atom is -0.480 e. The average Bonchev–Trinajstić information content (AvgIpc) is 3.15. The number of ether oxygens (including phenoxy) is 3. The highest BCUT2D eigenvalue weighted by Crippen LogP contribution is 2.44. The minimum atomic E-state index is -1.67. The van der Waals surface area contributed by atoms with Gasteiger partial charge in [-0.25, -0.2) is 9.59 Å². The second-order valence-corrected chi connectivity index (χ2v) is 8.36. The molecule has 0 heterocycles. The maximum atomic E-state index is 12.9. The van der Waals surface area contributed by atoms with Crippen LogP contribution in [0.5, 0.6) is 0 Å². The number of carbonyl (C=O) groups is 4. The smallest absolute Gasteiger partial charge is 0.408 e. The van der Waals surface area contributed by atoms with Crippen LogP contribution in [0, 0.1) is 0 Å². The van der Waals surface area contributed by atoms with Gasteiger partial charge in [-0.3, -0.25) is 9.59 Å². The standard InChI is InChI=1S/C25H28N2O8/c1-25(14-33-2,23(31)26-20(22(29)30)12-21(28)34-3)27-24(32)35-13-19-17-10-6-4-8-15(17)16-9-5-7-11-18(16)19/h4-11,19-20H,12-14H2,1-3H3,(H,26,31)(H,27,32)(H,29,30)/t20-,25?/m1/s1. The first kappa shape index (κ1) is 25.7. The van der Waals surface area contributed by atoms with Gasteiger partial charge in [-0.15, -0.1) is 0 Å². The van der Waals surface area contributed by atoms with E-state index in [4.69, 9.17) is 9.47 Å². The van der Waals surface area contributed by atoms with Gasteiger partial charge in [-0.2, -0.15) is 0 Å². The normalized spacial score (nSPS) is 14.6. The summed E-state index contributed by atoms with van der Waals surface area (Å²) >= 11 is 0. The van der Waals surface area contributed by atoms with Crippen molar-refractivity contribution in [2.24, 2.45) is 0 Å². The first-order valence-electron chi connectivity index (χ1n) is 10.9. The Balaban J connectivity index is 1.69. The number of esters is 1. The first-order chi connectivity index (χ1) is 16.7. The molecule has 2 aromatic rings. The van der Waals surface area contributed by atoms with Gasteiger partial charge in [0.2, 0.25) is 5.91 Å². The Morgan fingerprint density at radius 1 is 1.00 bits per heavy atom. The van der Waals surface area contributed by atoms with Crippen molar-refractivity contribution in [3.05, 3.63) is 59.7 Å². The summed E-state index contributed by atoms with van der Waals surface area (Å²) in [6.45, 7) is 1.13. The molecular weight excluding hydrogens is 456 g/mol. The maximum absolute atomic E-state index is 12.9. The Bertz CT molecular complexity index is 1070. The zero-order valence-electron chi connectivity index (χ0n) is 19.7. The second-order valence-electron chi connectivity index (χ2n) is 8.36. The van der Waals surface area contributed by atoms with E-state index in [-0.39, 0.29) is 19.1 Å². The Morgan fingerprint density at radius 2 is 1.57 bits per heavy atom. The number of hydrogen-bond acceptors (Lipinski definition) is 7. The molecule has 0 fully saturated rings. The van der Waals surface area contributed by atoms with Crippen LogP contribution < -0.4 is 10.6 Å². The van der Waals surface area contributed by atoms with Crippen molar-refractivity contribution in [2.45, 2.75) is 30.8 Å². The van der Waals surface area contributed by atoms with E-state index < -0.39 is 41.9 Å². The lowest BCUT2D eigenvalue weighted by atomic mass is 9.98. The zero-order chi connectivity index (χ0) is 25.6. The van der Waals surface area contributed by atoms with Crippen LogP contribution >= 0.6 is 0 Å². The highest BCUT2D eigenvalue weighted by Gasteiger charge is 2.39. The number of rotatable bonds is 10. The lowest BCUT2D eigenvalue weighted by molar-refractivity contribution is -0.149. The molecule has 0 aromatic heterocycles. The van der Waals surface area contributed by atoms with Gasteiger partial charge in [0, 0.05) is 13.0 Å². The van der Waals surface area contributed by atoms with Gasteiger partial charge < -0.3 is 30.0 Å². The molecule has 2 atom stereocenters. The number of aliphatic carboxylic acids is 1. The molecule has 35 heavy (non-hydrogen) atoms. The van der Waals surface area contributed by atoms with Crippen molar-refractivity contribution in [3.63, 3.8) is 0 Å². The van der Waals surface area contributed by atoms with Crippen LogP contribution in [-0.4, -0.2) is 68.1 Å². The monoisotopic (exact) mass is 484 g/mol. The molecule has 1 unspecified atom stereocenters. The summed E-state index contributed by atoms with van der Waals surface area (Å²) in [6, 6.07) is 14.2. The molecule has 2 amide bonds. The van der Waals surface area contributed by atoms with E-state index in [2.05, 4.69) is 15.4 Å². The van der Waals surface area contributed by atoms with E-state index in [0.717, 1.165) is 29.4 Å². The molecular formula is C25H28N2O8. The molecule has 0 saturated carbocycles. The number of methoxy groups -OCH3 is 2. The topological polar surface area (TPSA) is 140 Å². The van der Waals surface area contributed by atoms with Gasteiger partial charge in [0.05, 0.1) is 20.1 Å². The van der Waals surface area contributed by atoms with Crippen LogP contribution in [0.4, 0.5) is 4.79 Å². The number of nitrogens with one attached hydrogen (secondary N) is 2. The zero-order valence-corrected chi connectivity index (χ0v) is 19.7. The summed E-state index contributed by atoms with van der Waals surface area (Å²) in [5.41, 5.74) is 2.55. The van der Waals surface area contributed by atoms with Gasteiger partial charge in [0.15, 0.2) is 0 Å². The fourth-order valence-electron chi connectivity index (χ4n) is 4.07. The lowest BCUT2D eigenvalue weighted by Gasteiger charge is -2.30. The summed E-state index contributed by atoms with van der Waals surface area (Å²) < 4.78 is 15.0. The summed E-state index contributed by atoms with van der Waals surface area (Å²) in [7, 11) is 2.44. The van der Waals surface area contributed by atoms with Crippen LogP contribution in [0.15, 0.2) is 48.5 Å². The number of amides is 2. The van der Waals surface area contributed by atoms with E-state index in [1.165, 1.54) is 14.0 Å².